The summed E-state index contributed by atoms with van der Waals surface area (Å²) < 4.78 is 36.7. The summed E-state index contributed by atoms with van der Waals surface area (Å²) in [7, 11) is -2.69. The molecule has 1 aliphatic heterocycles. The lowest BCUT2D eigenvalue weighted by Crippen LogP contribution is -2.46. The highest BCUT2D eigenvalue weighted by molar-refractivity contribution is 7.89. The molecule has 1 fully saturated rings. The SMILES string of the molecule is COC(=O)c1cc(S(=O)(=O)N2CCCC(C(=O)NCCN)C2)c(C)o1.Cl. The second-order valence-electron chi connectivity index (χ2n) is 5.80. The Labute approximate surface area is 158 Å². The highest BCUT2D eigenvalue weighted by Gasteiger charge is 2.35. The Morgan fingerprint density at radius 2 is 2.15 bits per heavy atom. The summed E-state index contributed by atoms with van der Waals surface area (Å²) in [6.45, 7) is 2.53. The lowest BCUT2D eigenvalue weighted by atomic mass is 9.99. The molecular formula is C15H24ClN3O6S. The van der Waals surface area contributed by atoms with Crippen molar-refractivity contribution in [2.24, 2.45) is 11.7 Å². The van der Waals surface area contributed by atoms with Gasteiger partial charge in [0.05, 0.1) is 13.0 Å². The van der Waals surface area contributed by atoms with E-state index in [9.17, 15) is 18.0 Å². The number of aryl methyl sites for hydroxylation is 1. The normalized spacial score (nSPS) is 18.0. The molecule has 9 nitrogen and oxygen atoms in total. The largest absolute Gasteiger partial charge is 0.463 e. The van der Waals surface area contributed by atoms with E-state index in [0.717, 1.165) is 6.07 Å². The van der Waals surface area contributed by atoms with Crippen molar-refractivity contribution >= 4 is 34.3 Å². The molecule has 0 aromatic carbocycles. The molecule has 1 saturated heterocycles. The molecule has 1 aromatic rings. The van der Waals surface area contributed by atoms with Gasteiger partial charge in [0.15, 0.2) is 0 Å². The summed E-state index contributed by atoms with van der Waals surface area (Å²) in [5, 5.41) is 2.69. The fourth-order valence-corrected chi connectivity index (χ4v) is 4.46. The Morgan fingerprint density at radius 1 is 1.46 bits per heavy atom. The minimum absolute atomic E-state index is 0. The number of amides is 1. The quantitative estimate of drug-likeness (QED) is 0.644. The lowest BCUT2D eigenvalue weighted by Gasteiger charge is -2.31. The van der Waals surface area contributed by atoms with Crippen LogP contribution in [0.4, 0.5) is 0 Å². The Balaban J connectivity index is 0.00000338. The summed E-state index contributed by atoms with van der Waals surface area (Å²) in [5.74, 6) is -1.45. The first kappa shape index (κ1) is 22.4. The van der Waals surface area contributed by atoms with Crippen LogP contribution in [-0.4, -0.2) is 57.9 Å². The second-order valence-corrected chi connectivity index (χ2v) is 7.71. The van der Waals surface area contributed by atoms with E-state index in [1.165, 1.54) is 18.3 Å². The lowest BCUT2D eigenvalue weighted by molar-refractivity contribution is -0.126. The molecule has 0 radical (unpaired) electrons. The molecule has 0 saturated carbocycles. The van der Waals surface area contributed by atoms with Crippen LogP contribution in [0.15, 0.2) is 15.4 Å². The zero-order chi connectivity index (χ0) is 18.6. The topological polar surface area (TPSA) is 132 Å². The molecule has 0 spiro atoms. The molecule has 1 atom stereocenters. The Morgan fingerprint density at radius 3 is 2.77 bits per heavy atom. The number of nitrogens with zero attached hydrogens (tertiary/aromatic N) is 1. The third kappa shape index (κ3) is 4.76. The van der Waals surface area contributed by atoms with Crippen LogP contribution >= 0.6 is 12.4 Å². The summed E-state index contributed by atoms with van der Waals surface area (Å²) >= 11 is 0. The van der Waals surface area contributed by atoms with Crippen molar-refractivity contribution in [3.8, 4) is 0 Å². The van der Waals surface area contributed by atoms with Crippen LogP contribution in [0, 0.1) is 12.8 Å². The number of nitrogens with two attached hydrogens (primary N) is 1. The molecule has 2 rings (SSSR count). The van der Waals surface area contributed by atoms with Gasteiger partial charge in [-0.25, -0.2) is 13.2 Å². The number of sulfonamides is 1. The van der Waals surface area contributed by atoms with Gasteiger partial charge < -0.3 is 20.2 Å². The fourth-order valence-electron chi connectivity index (χ4n) is 2.78. The number of carbonyl (C=O) groups excluding carboxylic acids is 2. The van der Waals surface area contributed by atoms with E-state index >= 15 is 0 Å². The number of rotatable bonds is 6. The maximum Gasteiger partial charge on any atom is 0.373 e. The predicted octanol–water partition coefficient (Wildman–Crippen LogP) is 0.272. The van der Waals surface area contributed by atoms with Crippen molar-refractivity contribution in [1.82, 2.24) is 9.62 Å². The number of nitrogens with one attached hydrogen (secondary N) is 1. The summed E-state index contributed by atoms with van der Waals surface area (Å²) in [6, 6.07) is 1.16. The van der Waals surface area contributed by atoms with Gasteiger partial charge in [0.25, 0.3) is 0 Å². The van der Waals surface area contributed by atoms with Gasteiger partial charge in [-0.1, -0.05) is 0 Å². The maximum atomic E-state index is 12.9. The third-order valence-corrected chi connectivity index (χ3v) is 6.05. The van der Waals surface area contributed by atoms with Crippen LogP contribution in [0.5, 0.6) is 0 Å². The maximum absolute atomic E-state index is 12.9. The Bertz CT molecular complexity index is 749. The van der Waals surface area contributed by atoms with E-state index in [1.807, 2.05) is 0 Å². The van der Waals surface area contributed by atoms with Gasteiger partial charge in [-0.15, -0.1) is 12.4 Å². The molecule has 148 valence electrons. The first-order valence-electron chi connectivity index (χ1n) is 7.98. The van der Waals surface area contributed by atoms with Crippen molar-refractivity contribution in [2.75, 3.05) is 33.3 Å². The fraction of sp³-hybridized carbons (Fsp3) is 0.600. The van der Waals surface area contributed by atoms with E-state index in [1.54, 1.807) is 0 Å². The number of hydrogen-bond acceptors (Lipinski definition) is 7. The summed E-state index contributed by atoms with van der Waals surface area (Å²) in [6.07, 6.45) is 1.18. The van der Waals surface area contributed by atoms with Crippen LogP contribution in [-0.2, 0) is 19.6 Å². The van der Waals surface area contributed by atoms with Crippen molar-refractivity contribution < 1.29 is 27.2 Å². The molecule has 11 heteroatoms. The summed E-state index contributed by atoms with van der Waals surface area (Å²) in [5.41, 5.74) is 5.36. The van der Waals surface area contributed by atoms with Crippen molar-refractivity contribution in [2.45, 2.75) is 24.7 Å². The number of methoxy groups -OCH3 is 1. The van der Waals surface area contributed by atoms with Gasteiger partial charge in [-0.2, -0.15) is 4.31 Å². The number of ether oxygens (including phenoxy) is 1. The highest BCUT2D eigenvalue weighted by Crippen LogP contribution is 2.28. The molecule has 1 unspecified atom stereocenters. The van der Waals surface area contributed by atoms with Gasteiger partial charge >= 0.3 is 5.97 Å². The van der Waals surface area contributed by atoms with Crippen LogP contribution in [0.2, 0.25) is 0 Å². The van der Waals surface area contributed by atoms with Crippen molar-refractivity contribution in [3.05, 3.63) is 17.6 Å². The molecule has 26 heavy (non-hydrogen) atoms. The van der Waals surface area contributed by atoms with Gasteiger partial charge in [0.1, 0.15) is 10.7 Å². The van der Waals surface area contributed by atoms with Crippen molar-refractivity contribution in [1.29, 1.82) is 0 Å². The third-order valence-electron chi connectivity index (χ3n) is 4.08. The molecule has 3 N–H and O–H groups in total. The van der Waals surface area contributed by atoms with Crippen LogP contribution in [0.3, 0.4) is 0 Å². The molecule has 2 heterocycles. The van der Waals surface area contributed by atoms with Crippen molar-refractivity contribution in [3.63, 3.8) is 0 Å². The molecule has 1 aliphatic rings. The van der Waals surface area contributed by atoms with Crippen LogP contribution in [0.1, 0.15) is 29.2 Å². The zero-order valence-electron chi connectivity index (χ0n) is 14.7. The van der Waals surface area contributed by atoms with Crippen LogP contribution in [0.25, 0.3) is 0 Å². The molecule has 0 aliphatic carbocycles. The minimum atomic E-state index is -3.87. The van der Waals surface area contributed by atoms with Crippen LogP contribution < -0.4 is 11.1 Å². The standard InChI is InChI=1S/C15H23N3O6S.ClH/c1-10-13(8-12(24-10)15(20)23-2)25(21,22)18-7-3-4-11(9-18)14(19)17-6-5-16;/h8,11H,3-7,9,16H2,1-2H3,(H,17,19);1H. The number of piperidine rings is 1. The highest BCUT2D eigenvalue weighted by atomic mass is 35.5. The first-order valence-corrected chi connectivity index (χ1v) is 9.42. The zero-order valence-corrected chi connectivity index (χ0v) is 16.3. The van der Waals surface area contributed by atoms with Gasteiger partial charge in [-0.05, 0) is 19.8 Å². The molecular weight excluding hydrogens is 386 g/mol. The Hall–Kier alpha value is -1.62. The average molecular weight is 410 g/mol. The second kappa shape index (κ2) is 9.36. The van der Waals surface area contributed by atoms with Gasteiger partial charge in [-0.3, -0.25) is 4.79 Å². The minimum Gasteiger partial charge on any atom is -0.463 e. The summed E-state index contributed by atoms with van der Waals surface area (Å²) in [4.78, 5) is 23.5. The van der Waals surface area contributed by atoms with Gasteiger partial charge in [0, 0.05) is 32.2 Å². The number of hydrogen-bond donors (Lipinski definition) is 2. The first-order chi connectivity index (χ1) is 11.8. The van der Waals surface area contributed by atoms with E-state index < -0.39 is 21.9 Å². The van der Waals surface area contributed by atoms with E-state index in [-0.39, 0.29) is 41.3 Å². The van der Waals surface area contributed by atoms with E-state index in [2.05, 4.69) is 10.1 Å². The monoisotopic (exact) mass is 409 g/mol. The number of furan rings is 1. The number of halogens is 1. The smallest absolute Gasteiger partial charge is 0.373 e. The predicted molar refractivity (Wildman–Crippen MR) is 95.6 cm³/mol. The molecule has 0 bridgehead atoms. The Kier molecular flexibility index (Phi) is 8.07. The average Bonchev–Trinajstić information content (AvgIpc) is 3.01. The van der Waals surface area contributed by atoms with Gasteiger partial charge in [0.2, 0.25) is 21.7 Å². The van der Waals surface area contributed by atoms with E-state index in [4.69, 9.17) is 10.2 Å². The van der Waals surface area contributed by atoms with E-state index in [0.29, 0.717) is 32.5 Å². The number of carbonyl (C=O) groups is 2. The molecule has 1 aromatic heterocycles. The molecule has 1 amide bonds. The number of esters is 1.